The summed E-state index contributed by atoms with van der Waals surface area (Å²) < 4.78 is 38.9. The lowest BCUT2D eigenvalue weighted by atomic mass is 10.0. The Hall–Kier alpha value is -1.33. The summed E-state index contributed by atoms with van der Waals surface area (Å²) in [6, 6.07) is 5.32. The first-order valence-corrected chi connectivity index (χ1v) is 6.38. The highest BCUT2D eigenvalue weighted by atomic mass is 32.1. The van der Waals surface area contributed by atoms with Crippen LogP contribution >= 0.6 is 11.3 Å². The topological polar surface area (TPSA) is 26.0 Å². The van der Waals surface area contributed by atoms with Gasteiger partial charge in [-0.05, 0) is 42.0 Å². The van der Waals surface area contributed by atoms with E-state index in [2.05, 4.69) is 0 Å². The molecule has 5 heteroatoms. The van der Waals surface area contributed by atoms with Gasteiger partial charge in [0.2, 0.25) is 0 Å². The molecule has 0 fully saturated rings. The Kier molecular flexibility index (Phi) is 4.04. The Morgan fingerprint density at radius 2 is 1.83 bits per heavy atom. The molecule has 2 N–H and O–H groups in total. The number of thiophene rings is 1. The van der Waals surface area contributed by atoms with E-state index in [1.165, 1.54) is 0 Å². The standard InChI is InChI=1S/C13H12F3NS/c14-10-6-8(7-11(15)13(10)16)12(17)4-3-9-2-1-5-18-9/h1-2,5-7,12H,3-4,17H2. The average molecular weight is 271 g/mol. The number of halogens is 3. The molecule has 0 spiro atoms. The van der Waals surface area contributed by atoms with Gasteiger partial charge in [-0.2, -0.15) is 0 Å². The van der Waals surface area contributed by atoms with Crippen molar-refractivity contribution in [3.05, 3.63) is 57.5 Å². The van der Waals surface area contributed by atoms with Crippen molar-refractivity contribution in [2.45, 2.75) is 18.9 Å². The van der Waals surface area contributed by atoms with Crippen LogP contribution in [0.25, 0.3) is 0 Å². The molecule has 96 valence electrons. The second kappa shape index (κ2) is 5.54. The van der Waals surface area contributed by atoms with Crippen molar-refractivity contribution in [1.29, 1.82) is 0 Å². The van der Waals surface area contributed by atoms with Gasteiger partial charge in [-0.15, -0.1) is 11.3 Å². The molecule has 0 aliphatic carbocycles. The lowest BCUT2D eigenvalue weighted by Gasteiger charge is -2.12. The van der Waals surface area contributed by atoms with Crippen LogP contribution in [0, 0.1) is 17.5 Å². The number of nitrogens with two attached hydrogens (primary N) is 1. The Morgan fingerprint density at radius 1 is 1.17 bits per heavy atom. The molecule has 1 atom stereocenters. The fourth-order valence-corrected chi connectivity index (χ4v) is 2.43. The highest BCUT2D eigenvalue weighted by molar-refractivity contribution is 7.09. The zero-order chi connectivity index (χ0) is 13.1. The molecule has 18 heavy (non-hydrogen) atoms. The zero-order valence-corrected chi connectivity index (χ0v) is 10.3. The third-order valence-electron chi connectivity index (χ3n) is 2.72. The maximum absolute atomic E-state index is 13.0. The molecule has 0 aliphatic rings. The number of hydrogen-bond acceptors (Lipinski definition) is 2. The summed E-state index contributed by atoms with van der Waals surface area (Å²) in [4.78, 5) is 1.16. The van der Waals surface area contributed by atoms with E-state index in [0.29, 0.717) is 6.42 Å². The fraction of sp³-hybridized carbons (Fsp3) is 0.231. The van der Waals surface area contributed by atoms with Gasteiger partial charge in [0.25, 0.3) is 0 Å². The Bertz CT molecular complexity index is 502. The number of rotatable bonds is 4. The quantitative estimate of drug-likeness (QED) is 0.841. The van der Waals surface area contributed by atoms with Crippen LogP contribution in [-0.2, 0) is 6.42 Å². The van der Waals surface area contributed by atoms with E-state index in [4.69, 9.17) is 5.73 Å². The SMILES string of the molecule is NC(CCc1cccs1)c1cc(F)c(F)c(F)c1. The van der Waals surface area contributed by atoms with Gasteiger partial charge in [0.05, 0.1) is 0 Å². The monoisotopic (exact) mass is 271 g/mol. The van der Waals surface area contributed by atoms with Crippen LogP contribution in [0.15, 0.2) is 29.6 Å². The van der Waals surface area contributed by atoms with Gasteiger partial charge >= 0.3 is 0 Å². The molecule has 2 aromatic rings. The Morgan fingerprint density at radius 3 is 2.39 bits per heavy atom. The van der Waals surface area contributed by atoms with Crippen LogP contribution in [0.2, 0.25) is 0 Å². The second-order valence-corrected chi connectivity index (χ2v) is 5.06. The molecule has 0 saturated heterocycles. The van der Waals surface area contributed by atoms with Gasteiger partial charge in [-0.1, -0.05) is 6.07 Å². The minimum Gasteiger partial charge on any atom is -0.324 e. The molecule has 0 saturated carbocycles. The van der Waals surface area contributed by atoms with Crippen LogP contribution in [0.4, 0.5) is 13.2 Å². The van der Waals surface area contributed by atoms with Gasteiger partial charge in [0, 0.05) is 10.9 Å². The molecule has 1 aromatic carbocycles. The van der Waals surface area contributed by atoms with Crippen molar-refractivity contribution >= 4 is 11.3 Å². The summed E-state index contributed by atoms with van der Waals surface area (Å²) in [6.07, 6.45) is 1.30. The van der Waals surface area contributed by atoms with Crippen LogP contribution in [0.1, 0.15) is 22.9 Å². The molecular formula is C13H12F3NS. The summed E-state index contributed by atoms with van der Waals surface area (Å²) in [6.45, 7) is 0. The molecule has 0 amide bonds. The van der Waals surface area contributed by atoms with Crippen molar-refractivity contribution < 1.29 is 13.2 Å². The van der Waals surface area contributed by atoms with Crippen molar-refractivity contribution in [3.8, 4) is 0 Å². The van der Waals surface area contributed by atoms with E-state index in [1.807, 2.05) is 17.5 Å². The fourth-order valence-electron chi connectivity index (χ4n) is 1.71. The molecule has 1 nitrogen and oxygen atoms in total. The van der Waals surface area contributed by atoms with Crippen LogP contribution in [0.5, 0.6) is 0 Å². The largest absolute Gasteiger partial charge is 0.324 e. The molecule has 1 heterocycles. The smallest absolute Gasteiger partial charge is 0.194 e. The average Bonchev–Trinajstić information content (AvgIpc) is 2.85. The van der Waals surface area contributed by atoms with Gasteiger partial charge in [-0.3, -0.25) is 0 Å². The molecular weight excluding hydrogens is 259 g/mol. The summed E-state index contributed by atoms with van der Waals surface area (Å²) in [5.74, 6) is -3.85. The lowest BCUT2D eigenvalue weighted by molar-refractivity contribution is 0.442. The van der Waals surface area contributed by atoms with Crippen molar-refractivity contribution in [2.75, 3.05) is 0 Å². The van der Waals surface area contributed by atoms with E-state index < -0.39 is 23.5 Å². The molecule has 1 unspecified atom stereocenters. The number of benzene rings is 1. The maximum Gasteiger partial charge on any atom is 0.194 e. The first-order chi connectivity index (χ1) is 8.58. The minimum absolute atomic E-state index is 0.281. The normalized spacial score (nSPS) is 12.7. The molecule has 1 aromatic heterocycles. The second-order valence-electron chi connectivity index (χ2n) is 4.02. The van der Waals surface area contributed by atoms with Gasteiger partial charge in [0.1, 0.15) is 0 Å². The van der Waals surface area contributed by atoms with Crippen molar-refractivity contribution in [2.24, 2.45) is 5.73 Å². The predicted molar refractivity (Wildman–Crippen MR) is 65.9 cm³/mol. The summed E-state index contributed by atoms with van der Waals surface area (Å²) in [5, 5.41) is 1.96. The minimum atomic E-state index is -1.45. The Labute approximate surface area is 107 Å². The first kappa shape index (κ1) is 13.1. The number of hydrogen-bond donors (Lipinski definition) is 1. The van der Waals surface area contributed by atoms with E-state index in [9.17, 15) is 13.2 Å². The molecule has 0 radical (unpaired) electrons. The van der Waals surface area contributed by atoms with E-state index >= 15 is 0 Å². The van der Waals surface area contributed by atoms with Crippen molar-refractivity contribution in [3.63, 3.8) is 0 Å². The summed E-state index contributed by atoms with van der Waals surface area (Å²) in [7, 11) is 0. The third kappa shape index (κ3) is 2.91. The zero-order valence-electron chi connectivity index (χ0n) is 9.50. The van der Waals surface area contributed by atoms with Gasteiger partial charge in [-0.25, -0.2) is 13.2 Å². The van der Waals surface area contributed by atoms with Gasteiger partial charge in [0.15, 0.2) is 17.5 Å². The summed E-state index contributed by atoms with van der Waals surface area (Å²) in [5.41, 5.74) is 6.13. The van der Waals surface area contributed by atoms with Crippen LogP contribution < -0.4 is 5.73 Å². The van der Waals surface area contributed by atoms with Crippen molar-refractivity contribution in [1.82, 2.24) is 0 Å². The Balaban J connectivity index is 2.07. The molecule has 0 aliphatic heterocycles. The van der Waals surface area contributed by atoms with E-state index in [0.717, 1.165) is 23.4 Å². The van der Waals surface area contributed by atoms with E-state index in [-0.39, 0.29) is 5.56 Å². The highest BCUT2D eigenvalue weighted by Gasteiger charge is 2.14. The maximum atomic E-state index is 13.0. The predicted octanol–water partition coefficient (Wildman–Crippen LogP) is 3.80. The highest BCUT2D eigenvalue weighted by Crippen LogP contribution is 2.22. The first-order valence-electron chi connectivity index (χ1n) is 5.50. The molecule has 2 rings (SSSR count). The number of aryl methyl sites for hydroxylation is 1. The third-order valence-corrected chi connectivity index (χ3v) is 3.65. The summed E-state index contributed by atoms with van der Waals surface area (Å²) >= 11 is 1.61. The van der Waals surface area contributed by atoms with E-state index in [1.54, 1.807) is 11.3 Å². The van der Waals surface area contributed by atoms with Crippen LogP contribution in [0.3, 0.4) is 0 Å². The van der Waals surface area contributed by atoms with Gasteiger partial charge < -0.3 is 5.73 Å². The lowest BCUT2D eigenvalue weighted by Crippen LogP contribution is -2.12. The van der Waals surface area contributed by atoms with Crippen LogP contribution in [-0.4, -0.2) is 0 Å². The molecule has 0 bridgehead atoms.